The fourth-order valence-corrected chi connectivity index (χ4v) is 4.13. The summed E-state index contributed by atoms with van der Waals surface area (Å²) < 4.78 is 7.86. The molecule has 0 aliphatic heterocycles. The SMILES string of the molecule is CCOC(=O)c1cc(C(C)(C)C)[se+]c(C(C)(C)C)c1. The van der Waals surface area contributed by atoms with Crippen molar-refractivity contribution in [2.24, 2.45) is 0 Å². The van der Waals surface area contributed by atoms with Crippen LogP contribution in [0.4, 0.5) is 0 Å². The van der Waals surface area contributed by atoms with Gasteiger partial charge in [-0.25, -0.2) is 0 Å². The van der Waals surface area contributed by atoms with E-state index in [0.717, 1.165) is 0 Å². The van der Waals surface area contributed by atoms with Crippen LogP contribution in [0, 0.1) is 0 Å². The first-order valence-electron chi connectivity index (χ1n) is 6.72. The van der Waals surface area contributed by atoms with E-state index in [0.29, 0.717) is 26.7 Å². The Bertz CT molecular complexity index is 432. The number of esters is 1. The molecular weight excluding hydrogens is 303 g/mol. The molecule has 0 spiro atoms. The van der Waals surface area contributed by atoms with Gasteiger partial charge in [-0.2, -0.15) is 0 Å². The Morgan fingerprint density at radius 1 is 1.05 bits per heavy atom. The summed E-state index contributed by atoms with van der Waals surface area (Å²) in [7, 11) is 0. The van der Waals surface area contributed by atoms with Crippen LogP contribution in [-0.4, -0.2) is 27.1 Å². The molecule has 0 aliphatic carbocycles. The van der Waals surface area contributed by atoms with Gasteiger partial charge < -0.3 is 0 Å². The monoisotopic (exact) mass is 329 g/mol. The Morgan fingerprint density at radius 3 is 1.79 bits per heavy atom. The maximum absolute atomic E-state index is 12.0. The standard InChI is InChI=1S/C16H25O2Se/c1-8-18-14(17)11-9-12(15(2,3)4)19-13(10-11)16(5,6)7/h9-10H,8H2,1-7H3/q+1. The molecule has 0 atom stereocenters. The van der Waals surface area contributed by atoms with E-state index in [1.807, 2.05) is 19.1 Å². The summed E-state index contributed by atoms with van der Waals surface area (Å²) in [5.74, 6) is -0.207. The molecular formula is C16H25O2Se+. The molecule has 1 aromatic heterocycles. The van der Waals surface area contributed by atoms with Crippen LogP contribution in [-0.2, 0) is 15.6 Å². The molecule has 1 rings (SSSR count). The van der Waals surface area contributed by atoms with Crippen LogP contribution in [0.15, 0.2) is 12.1 Å². The molecule has 0 saturated carbocycles. The van der Waals surface area contributed by atoms with Gasteiger partial charge in [0.15, 0.2) is 0 Å². The molecule has 0 fully saturated rings. The molecule has 1 aromatic rings. The van der Waals surface area contributed by atoms with E-state index in [9.17, 15) is 4.79 Å². The molecule has 0 aliphatic rings. The van der Waals surface area contributed by atoms with Crippen molar-refractivity contribution >= 4 is 20.5 Å². The van der Waals surface area contributed by atoms with Crippen LogP contribution in [0.3, 0.4) is 0 Å². The number of rotatable bonds is 2. The fourth-order valence-electron chi connectivity index (χ4n) is 1.57. The quantitative estimate of drug-likeness (QED) is 0.610. The molecule has 19 heavy (non-hydrogen) atoms. The molecule has 3 heteroatoms. The Hall–Kier alpha value is -0.661. The van der Waals surface area contributed by atoms with E-state index in [1.54, 1.807) is 0 Å². The second-order valence-corrected chi connectivity index (χ2v) is 9.07. The molecule has 106 valence electrons. The predicted molar refractivity (Wildman–Crippen MR) is 81.1 cm³/mol. The van der Waals surface area contributed by atoms with Crippen LogP contribution in [0.1, 0.15) is 67.7 Å². The summed E-state index contributed by atoms with van der Waals surface area (Å²) in [5, 5.41) is 0. The first kappa shape index (κ1) is 16.4. The molecule has 0 radical (unpaired) electrons. The Balaban J connectivity index is 3.37. The molecule has 2 nitrogen and oxygen atoms in total. The van der Waals surface area contributed by atoms with Crippen LogP contribution in [0.2, 0.25) is 0 Å². The van der Waals surface area contributed by atoms with Gasteiger partial charge in [-0.15, -0.1) is 0 Å². The summed E-state index contributed by atoms with van der Waals surface area (Å²) in [6.07, 6.45) is 0. The van der Waals surface area contributed by atoms with Crippen molar-refractivity contribution in [3.05, 3.63) is 26.6 Å². The molecule has 1 heterocycles. The van der Waals surface area contributed by atoms with Crippen molar-refractivity contribution in [3.63, 3.8) is 0 Å². The molecule has 0 amide bonds. The first-order valence-corrected chi connectivity index (χ1v) is 8.43. The van der Waals surface area contributed by atoms with Crippen LogP contribution in [0.25, 0.3) is 0 Å². The molecule has 0 aromatic carbocycles. The third-order valence-corrected chi connectivity index (χ3v) is 6.77. The third kappa shape index (κ3) is 4.43. The Labute approximate surface area is 122 Å². The summed E-state index contributed by atoms with van der Waals surface area (Å²) in [6, 6.07) is 4.07. The molecule has 0 N–H and O–H groups in total. The summed E-state index contributed by atoms with van der Waals surface area (Å²) in [4.78, 5) is 12.0. The van der Waals surface area contributed by atoms with Gasteiger partial charge in [-0.1, -0.05) is 0 Å². The van der Waals surface area contributed by atoms with Crippen LogP contribution < -0.4 is 0 Å². The topological polar surface area (TPSA) is 26.3 Å². The van der Waals surface area contributed by atoms with Crippen molar-refractivity contribution < 1.29 is 9.53 Å². The van der Waals surface area contributed by atoms with E-state index in [1.165, 1.54) is 8.87 Å². The van der Waals surface area contributed by atoms with Crippen molar-refractivity contribution in [1.29, 1.82) is 0 Å². The van der Waals surface area contributed by atoms with Gasteiger partial charge in [0.2, 0.25) is 0 Å². The minimum absolute atomic E-state index is 0.0997. The van der Waals surface area contributed by atoms with Crippen molar-refractivity contribution in [1.82, 2.24) is 0 Å². The van der Waals surface area contributed by atoms with Crippen molar-refractivity contribution in [2.75, 3.05) is 6.61 Å². The van der Waals surface area contributed by atoms with Gasteiger partial charge in [0.25, 0.3) is 0 Å². The van der Waals surface area contributed by atoms with Crippen molar-refractivity contribution in [3.8, 4) is 0 Å². The van der Waals surface area contributed by atoms with E-state index in [2.05, 4.69) is 41.5 Å². The zero-order valence-electron chi connectivity index (χ0n) is 13.1. The number of carbonyl (C=O) groups is 1. The maximum atomic E-state index is 12.0. The number of carbonyl (C=O) groups excluding carboxylic acids is 1. The summed E-state index contributed by atoms with van der Waals surface area (Å²) in [5.41, 5.74) is 0.898. The van der Waals surface area contributed by atoms with Gasteiger partial charge in [-0.05, 0) is 0 Å². The number of hydrogen-bond donors (Lipinski definition) is 0. The van der Waals surface area contributed by atoms with Gasteiger partial charge >= 0.3 is 122 Å². The predicted octanol–water partition coefficient (Wildman–Crippen LogP) is 3.80. The Kier molecular flexibility index (Phi) is 4.97. The van der Waals surface area contributed by atoms with Gasteiger partial charge in [-0.3, -0.25) is 0 Å². The van der Waals surface area contributed by atoms with E-state index >= 15 is 0 Å². The molecule has 0 saturated heterocycles. The zero-order chi connectivity index (χ0) is 14.8. The molecule has 0 unspecified atom stereocenters. The minimum atomic E-state index is -0.207. The number of hydrogen-bond acceptors (Lipinski definition) is 2. The summed E-state index contributed by atoms with van der Waals surface area (Å²) in [6.45, 7) is 15.5. The van der Waals surface area contributed by atoms with E-state index < -0.39 is 0 Å². The first-order chi connectivity index (χ1) is 8.55. The third-order valence-electron chi connectivity index (χ3n) is 2.78. The Morgan fingerprint density at radius 2 is 1.47 bits per heavy atom. The summed E-state index contributed by atoms with van der Waals surface area (Å²) >= 11 is 0.312. The van der Waals surface area contributed by atoms with Crippen LogP contribution in [0.5, 0.6) is 0 Å². The van der Waals surface area contributed by atoms with Gasteiger partial charge in [0.1, 0.15) is 0 Å². The average molecular weight is 328 g/mol. The second-order valence-electron chi connectivity index (χ2n) is 6.80. The van der Waals surface area contributed by atoms with Crippen molar-refractivity contribution in [2.45, 2.75) is 59.3 Å². The average Bonchev–Trinajstić information content (AvgIpc) is 2.26. The second kappa shape index (κ2) is 5.76. The van der Waals surface area contributed by atoms with E-state index in [4.69, 9.17) is 4.74 Å². The normalized spacial score (nSPS) is 12.4. The number of ether oxygens (including phenoxy) is 1. The van der Waals surface area contributed by atoms with Gasteiger partial charge in [0.05, 0.1) is 0 Å². The fraction of sp³-hybridized carbons (Fsp3) is 0.625. The molecule has 0 bridgehead atoms. The van der Waals surface area contributed by atoms with Gasteiger partial charge in [0, 0.05) is 0 Å². The van der Waals surface area contributed by atoms with Crippen LogP contribution >= 0.6 is 0 Å². The van der Waals surface area contributed by atoms with E-state index in [-0.39, 0.29) is 16.8 Å². The zero-order valence-corrected chi connectivity index (χ0v) is 14.8.